The van der Waals surface area contributed by atoms with Gasteiger partial charge >= 0.3 is 0 Å². The van der Waals surface area contributed by atoms with Crippen molar-refractivity contribution in [1.29, 1.82) is 0 Å². The van der Waals surface area contributed by atoms with E-state index in [4.69, 9.17) is 0 Å². The van der Waals surface area contributed by atoms with Gasteiger partial charge < -0.3 is 0 Å². The molecule has 0 amide bonds. The maximum Gasteiger partial charge on any atom is 0 e. The molecule has 0 aromatic carbocycles. The van der Waals surface area contributed by atoms with Gasteiger partial charge in [0.2, 0.25) is 0 Å². The fraction of sp³-hybridized carbons (Fsp3) is 0.500. The Labute approximate surface area is 164 Å². The van der Waals surface area contributed by atoms with Crippen molar-refractivity contribution >= 4 is 24.8 Å². The fourth-order valence-corrected chi connectivity index (χ4v) is 1.75. The van der Waals surface area contributed by atoms with Gasteiger partial charge in [0.25, 0.3) is 0 Å². The van der Waals surface area contributed by atoms with Crippen LogP contribution in [-0.4, -0.2) is 0 Å². The minimum Gasteiger partial charge on any atom is -0.147 e. The van der Waals surface area contributed by atoms with Crippen LogP contribution >= 0.6 is 24.8 Å². The summed E-state index contributed by atoms with van der Waals surface area (Å²) in [6, 6.07) is 0. The molecular formula is C16H26Cl2Ir2. The van der Waals surface area contributed by atoms with Crippen LogP contribution < -0.4 is 0 Å². The molecule has 0 aliphatic heterocycles. The molecule has 2 radical (unpaired) electrons. The first kappa shape index (κ1) is 28.9. The molecule has 4 heteroatoms. The van der Waals surface area contributed by atoms with E-state index in [0.29, 0.717) is 0 Å². The van der Waals surface area contributed by atoms with E-state index in [1.54, 1.807) is 0 Å². The summed E-state index contributed by atoms with van der Waals surface area (Å²) in [6.07, 6.45) is 28.0. The Morgan fingerprint density at radius 3 is 0.800 bits per heavy atom. The van der Waals surface area contributed by atoms with Gasteiger partial charge in [-0.1, -0.05) is 48.6 Å². The Morgan fingerprint density at radius 2 is 0.600 bits per heavy atom. The maximum absolute atomic E-state index is 2.23. The molecule has 0 saturated heterocycles. The third-order valence-electron chi connectivity index (χ3n) is 2.75. The minimum atomic E-state index is 0. The summed E-state index contributed by atoms with van der Waals surface area (Å²) in [5.41, 5.74) is 0. The Morgan fingerprint density at radius 1 is 0.400 bits per heavy atom. The fourth-order valence-electron chi connectivity index (χ4n) is 1.75. The summed E-state index contributed by atoms with van der Waals surface area (Å²) in [6.45, 7) is 0. The van der Waals surface area contributed by atoms with E-state index in [2.05, 4.69) is 48.6 Å². The van der Waals surface area contributed by atoms with Crippen LogP contribution in [-0.2, 0) is 40.2 Å². The Bertz CT molecular complexity index is 216. The van der Waals surface area contributed by atoms with Crippen molar-refractivity contribution in [3.63, 3.8) is 0 Å². The van der Waals surface area contributed by atoms with Gasteiger partial charge in [0.15, 0.2) is 0 Å². The number of hydrogen-bond acceptors (Lipinski definition) is 0. The van der Waals surface area contributed by atoms with Gasteiger partial charge in [-0.3, -0.25) is 0 Å². The predicted molar refractivity (Wildman–Crippen MR) is 88.0 cm³/mol. The summed E-state index contributed by atoms with van der Waals surface area (Å²) in [4.78, 5) is 0. The first-order valence-electron chi connectivity index (χ1n) is 6.63. The average Bonchev–Trinajstić information content (AvgIpc) is 2.15. The smallest absolute Gasteiger partial charge is 0 e. The molecule has 0 saturated carbocycles. The number of rotatable bonds is 0. The topological polar surface area (TPSA) is 0 Å². The standard InChI is InChI=1S/2C8H12.2ClH.2Ir/c2*1-2-4-6-8-7-5-3-1;;;;/h2*1-4H,5-8H2;2*1H;;/b2*3-1-,4-2-;;;;. The SMILES string of the molecule is C1=C\CCCC\C=C/1.C1=C\CCCC\C=C/1.Cl.Cl.[Ir].[Ir]. The molecule has 0 aromatic rings. The average molecular weight is 674 g/mol. The van der Waals surface area contributed by atoms with Gasteiger partial charge in [-0.25, -0.2) is 0 Å². The third kappa shape index (κ3) is 21.1. The molecule has 20 heavy (non-hydrogen) atoms. The van der Waals surface area contributed by atoms with Crippen molar-refractivity contribution in [2.75, 3.05) is 0 Å². The Kier molecular flexibility index (Phi) is 35.9. The van der Waals surface area contributed by atoms with Gasteiger partial charge in [0.05, 0.1) is 0 Å². The van der Waals surface area contributed by atoms with Crippen LogP contribution in [0.15, 0.2) is 48.6 Å². The first-order chi connectivity index (χ1) is 8.00. The zero-order chi connectivity index (χ0) is 11.3. The largest absolute Gasteiger partial charge is 0.147 e. The first-order valence-corrected chi connectivity index (χ1v) is 6.63. The van der Waals surface area contributed by atoms with Crippen LogP contribution in [0.25, 0.3) is 0 Å². The maximum atomic E-state index is 2.23. The summed E-state index contributed by atoms with van der Waals surface area (Å²) in [5.74, 6) is 0. The zero-order valence-electron chi connectivity index (χ0n) is 11.8. The molecule has 0 heterocycles. The molecule has 0 fully saturated rings. The molecule has 0 unspecified atom stereocenters. The molecule has 2 aliphatic carbocycles. The number of halogens is 2. The van der Waals surface area contributed by atoms with Crippen molar-refractivity contribution in [2.24, 2.45) is 0 Å². The molecule has 0 atom stereocenters. The van der Waals surface area contributed by atoms with Crippen LogP contribution in [0.5, 0.6) is 0 Å². The van der Waals surface area contributed by atoms with Gasteiger partial charge in [0.1, 0.15) is 0 Å². The van der Waals surface area contributed by atoms with Crippen molar-refractivity contribution in [1.82, 2.24) is 0 Å². The molecule has 0 aromatic heterocycles. The summed E-state index contributed by atoms with van der Waals surface area (Å²) in [5, 5.41) is 0. The predicted octanol–water partition coefficient (Wildman–Crippen LogP) is 6.18. The molecule has 2 rings (SSSR count). The monoisotopic (exact) mass is 674 g/mol. The second kappa shape index (κ2) is 24.8. The van der Waals surface area contributed by atoms with Crippen LogP contribution in [0.2, 0.25) is 0 Å². The van der Waals surface area contributed by atoms with Crippen molar-refractivity contribution in [2.45, 2.75) is 51.4 Å². The van der Waals surface area contributed by atoms with E-state index < -0.39 is 0 Å². The van der Waals surface area contributed by atoms with Crippen LogP contribution in [0.1, 0.15) is 51.4 Å². The van der Waals surface area contributed by atoms with E-state index in [0.717, 1.165) is 0 Å². The van der Waals surface area contributed by atoms with Crippen LogP contribution in [0.4, 0.5) is 0 Å². The molecule has 0 spiro atoms. The molecule has 0 N–H and O–H groups in total. The summed E-state index contributed by atoms with van der Waals surface area (Å²) in [7, 11) is 0. The van der Waals surface area contributed by atoms with Crippen molar-refractivity contribution in [3.05, 3.63) is 48.6 Å². The molecule has 0 nitrogen and oxygen atoms in total. The van der Waals surface area contributed by atoms with E-state index in [-0.39, 0.29) is 65.0 Å². The molecule has 0 bridgehead atoms. The van der Waals surface area contributed by atoms with E-state index in [1.807, 2.05) is 0 Å². The summed E-state index contributed by atoms with van der Waals surface area (Å²) < 4.78 is 0. The molecule has 2 aliphatic rings. The van der Waals surface area contributed by atoms with Crippen molar-refractivity contribution < 1.29 is 40.2 Å². The minimum absolute atomic E-state index is 0. The Balaban J connectivity index is -0.000000107. The van der Waals surface area contributed by atoms with Crippen LogP contribution in [0, 0.1) is 0 Å². The second-order valence-electron chi connectivity index (χ2n) is 4.28. The molecule has 122 valence electrons. The zero-order valence-corrected chi connectivity index (χ0v) is 18.2. The van der Waals surface area contributed by atoms with Gasteiger partial charge in [-0.2, -0.15) is 0 Å². The third-order valence-corrected chi connectivity index (χ3v) is 2.75. The quantitative estimate of drug-likeness (QED) is 0.288. The van der Waals surface area contributed by atoms with Gasteiger partial charge in [0, 0.05) is 40.2 Å². The summed E-state index contributed by atoms with van der Waals surface area (Å²) >= 11 is 0. The van der Waals surface area contributed by atoms with E-state index >= 15 is 0 Å². The van der Waals surface area contributed by atoms with Crippen molar-refractivity contribution in [3.8, 4) is 0 Å². The van der Waals surface area contributed by atoms with Gasteiger partial charge in [-0.15, -0.1) is 24.8 Å². The Hall–Kier alpha value is 0.839. The van der Waals surface area contributed by atoms with E-state index in [1.165, 1.54) is 51.4 Å². The molecular weight excluding hydrogens is 648 g/mol. The van der Waals surface area contributed by atoms with E-state index in [9.17, 15) is 0 Å². The number of hydrogen-bond donors (Lipinski definition) is 0. The normalized spacial score (nSPS) is 22.4. The van der Waals surface area contributed by atoms with Crippen LogP contribution in [0.3, 0.4) is 0 Å². The second-order valence-corrected chi connectivity index (χ2v) is 4.28. The number of allylic oxidation sites excluding steroid dienone is 8. The van der Waals surface area contributed by atoms with Gasteiger partial charge in [-0.05, 0) is 51.4 Å².